The van der Waals surface area contributed by atoms with Gasteiger partial charge in [0.2, 0.25) is 0 Å². The van der Waals surface area contributed by atoms with E-state index in [1.807, 2.05) is 0 Å². The fraction of sp³-hybridized carbons (Fsp3) is 0.870. The second-order valence-corrected chi connectivity index (χ2v) is 15.2. The van der Waals surface area contributed by atoms with Crippen LogP contribution in [0.1, 0.15) is 256 Å². The van der Waals surface area contributed by atoms with E-state index in [9.17, 15) is 0 Å². The molecule has 0 N–H and O–H groups in total. The van der Waals surface area contributed by atoms with Crippen molar-refractivity contribution in [2.24, 2.45) is 0 Å². The van der Waals surface area contributed by atoms with Crippen LogP contribution in [0.3, 0.4) is 0 Å². The first kappa shape index (κ1) is 43.2. The number of unbranched alkanes of at least 4 members (excludes halogenated alkanes) is 34. The summed E-state index contributed by atoms with van der Waals surface area (Å²) in [5.41, 5.74) is 2.91. The normalized spacial score (nSPS) is 11.5. The molecule has 0 atom stereocenters. The third kappa shape index (κ3) is 31.8. The van der Waals surface area contributed by atoms with Crippen LogP contribution in [0, 0.1) is 6.07 Å². The summed E-state index contributed by atoms with van der Waals surface area (Å²) in [5.74, 6) is 0. The van der Waals surface area contributed by atoms with Crippen LogP contribution in [0.25, 0.3) is 0 Å². The Kier molecular flexibility index (Phi) is 34.8. The fourth-order valence-corrected chi connectivity index (χ4v) is 7.30. The molecule has 1 aromatic carbocycles. The van der Waals surface area contributed by atoms with Crippen LogP contribution in [-0.2, 0) is 12.8 Å². The lowest BCUT2D eigenvalue weighted by molar-refractivity contribution is 0.525. The molecule has 0 heteroatoms. The second-order valence-electron chi connectivity index (χ2n) is 15.2. The van der Waals surface area contributed by atoms with Crippen molar-refractivity contribution in [1.82, 2.24) is 0 Å². The Morgan fingerprint density at radius 2 is 0.478 bits per heavy atom. The Balaban J connectivity index is 1.82. The molecule has 0 bridgehead atoms. The molecule has 0 nitrogen and oxygen atoms in total. The van der Waals surface area contributed by atoms with Crippen molar-refractivity contribution in [3.63, 3.8) is 0 Å². The Morgan fingerprint density at radius 3 is 0.696 bits per heavy atom. The van der Waals surface area contributed by atoms with Crippen molar-refractivity contribution in [3.05, 3.63) is 35.4 Å². The molecule has 0 amide bonds. The van der Waals surface area contributed by atoms with Gasteiger partial charge in [-0.15, -0.1) is 0 Å². The predicted molar refractivity (Wildman–Crippen MR) is 210 cm³/mol. The molecule has 1 radical (unpaired) electrons. The van der Waals surface area contributed by atoms with Crippen molar-refractivity contribution in [1.29, 1.82) is 0 Å². The molecule has 269 valence electrons. The highest BCUT2D eigenvalue weighted by Crippen LogP contribution is 2.18. The number of aryl methyl sites for hydroxylation is 2. The van der Waals surface area contributed by atoms with Gasteiger partial charge in [0.1, 0.15) is 0 Å². The van der Waals surface area contributed by atoms with Crippen molar-refractivity contribution < 1.29 is 0 Å². The fourth-order valence-electron chi connectivity index (χ4n) is 7.30. The van der Waals surface area contributed by atoms with Crippen molar-refractivity contribution in [2.75, 3.05) is 0 Å². The van der Waals surface area contributed by atoms with E-state index in [1.165, 1.54) is 255 Å². The largest absolute Gasteiger partial charge is 0.0654 e. The molecule has 0 saturated heterocycles. The summed E-state index contributed by atoms with van der Waals surface area (Å²) >= 11 is 0. The summed E-state index contributed by atoms with van der Waals surface area (Å²) in [6.45, 7) is 4.62. The lowest BCUT2D eigenvalue weighted by atomic mass is 9.99. The maximum atomic E-state index is 3.76. The summed E-state index contributed by atoms with van der Waals surface area (Å²) in [5, 5.41) is 0. The van der Waals surface area contributed by atoms with Crippen molar-refractivity contribution in [2.45, 2.75) is 258 Å². The van der Waals surface area contributed by atoms with Gasteiger partial charge in [-0.3, -0.25) is 0 Å². The summed E-state index contributed by atoms with van der Waals surface area (Å²) in [4.78, 5) is 0. The van der Waals surface area contributed by atoms with Gasteiger partial charge in [-0.1, -0.05) is 250 Å². The van der Waals surface area contributed by atoms with Crippen LogP contribution in [-0.4, -0.2) is 0 Å². The van der Waals surface area contributed by atoms with Crippen molar-refractivity contribution >= 4 is 0 Å². The second kappa shape index (κ2) is 37.0. The summed E-state index contributed by atoms with van der Waals surface area (Å²) in [7, 11) is 0. The topological polar surface area (TPSA) is 0 Å². The van der Waals surface area contributed by atoms with Crippen LogP contribution in [0.4, 0.5) is 0 Å². The van der Waals surface area contributed by atoms with Gasteiger partial charge in [0, 0.05) is 0 Å². The van der Waals surface area contributed by atoms with Gasteiger partial charge in [-0.25, -0.2) is 0 Å². The molecule has 1 rings (SSSR count). The maximum absolute atomic E-state index is 3.76. The van der Waals surface area contributed by atoms with E-state index in [0.717, 1.165) is 0 Å². The van der Waals surface area contributed by atoms with Gasteiger partial charge in [-0.05, 0) is 42.9 Å². The van der Waals surface area contributed by atoms with Gasteiger partial charge in [0.05, 0.1) is 0 Å². The first-order valence-corrected chi connectivity index (χ1v) is 21.9. The minimum absolute atomic E-state index is 1.23. The quantitative estimate of drug-likeness (QED) is 0.0633. The van der Waals surface area contributed by atoms with Gasteiger partial charge < -0.3 is 0 Å². The average molecular weight is 638 g/mol. The Hall–Kier alpha value is -0.780. The van der Waals surface area contributed by atoms with E-state index in [0.29, 0.717) is 0 Å². The van der Waals surface area contributed by atoms with Crippen LogP contribution < -0.4 is 0 Å². The number of benzene rings is 1. The average Bonchev–Trinajstić information content (AvgIpc) is 3.07. The van der Waals surface area contributed by atoms with Crippen LogP contribution in [0.15, 0.2) is 18.2 Å². The zero-order valence-electron chi connectivity index (χ0n) is 32.1. The molecule has 46 heavy (non-hydrogen) atoms. The summed E-state index contributed by atoms with van der Waals surface area (Å²) < 4.78 is 0. The lowest BCUT2D eigenvalue weighted by Gasteiger charge is -2.06. The maximum Gasteiger partial charge on any atom is -0.0114 e. The molecule has 0 aliphatic rings. The molecule has 0 unspecified atom stereocenters. The highest BCUT2D eigenvalue weighted by atomic mass is 14.1. The Morgan fingerprint density at radius 1 is 0.283 bits per heavy atom. The number of hydrogen-bond donors (Lipinski definition) is 0. The van der Waals surface area contributed by atoms with Gasteiger partial charge in [0.25, 0.3) is 0 Å². The van der Waals surface area contributed by atoms with E-state index in [-0.39, 0.29) is 0 Å². The zero-order valence-corrected chi connectivity index (χ0v) is 32.1. The monoisotopic (exact) mass is 638 g/mol. The summed E-state index contributed by atoms with van der Waals surface area (Å²) in [6, 6.07) is 10.7. The third-order valence-electron chi connectivity index (χ3n) is 10.5. The SMILES string of the molecule is CCCCCCCCCCCCCCCCCCCCc1[c]c(CCCCCCCCCCCCCCCCCCCC)ccc1. The summed E-state index contributed by atoms with van der Waals surface area (Å²) in [6.07, 6.45) is 54.6. The molecule has 0 aliphatic carbocycles. The first-order chi connectivity index (χ1) is 22.9. The van der Waals surface area contributed by atoms with Crippen LogP contribution in [0.5, 0.6) is 0 Å². The lowest BCUT2D eigenvalue weighted by Crippen LogP contribution is -1.92. The minimum atomic E-state index is 1.23. The molecular weight excluding hydrogens is 553 g/mol. The first-order valence-electron chi connectivity index (χ1n) is 21.9. The standard InChI is InChI=1S/C46H85/c1-3-5-7-9-11-13-15-17-19-21-23-25-27-29-31-33-35-37-40-45-42-39-43-46(44-45)41-38-36-34-32-30-28-26-24-22-20-18-16-14-12-10-8-6-4-2/h39,42-43H,3-38,40-41H2,1-2H3. The third-order valence-corrected chi connectivity index (χ3v) is 10.5. The van der Waals surface area contributed by atoms with E-state index >= 15 is 0 Å². The Labute approximate surface area is 292 Å². The number of hydrogen-bond acceptors (Lipinski definition) is 0. The molecule has 0 saturated carbocycles. The predicted octanol–water partition coefficient (Wildman–Crippen LogP) is 16.7. The van der Waals surface area contributed by atoms with E-state index in [1.54, 1.807) is 0 Å². The highest BCUT2D eigenvalue weighted by molar-refractivity contribution is 5.22. The molecule has 0 aromatic heterocycles. The smallest absolute Gasteiger partial charge is 0.0114 e. The van der Waals surface area contributed by atoms with Crippen LogP contribution >= 0.6 is 0 Å². The molecule has 0 spiro atoms. The molecule has 0 heterocycles. The molecule has 0 aliphatic heterocycles. The van der Waals surface area contributed by atoms with Gasteiger partial charge >= 0.3 is 0 Å². The molecule has 1 aromatic rings. The molecular formula is C46H85. The van der Waals surface area contributed by atoms with Crippen molar-refractivity contribution in [3.8, 4) is 0 Å². The van der Waals surface area contributed by atoms with E-state index < -0.39 is 0 Å². The highest BCUT2D eigenvalue weighted by Gasteiger charge is 2.00. The van der Waals surface area contributed by atoms with E-state index in [2.05, 4.69) is 38.1 Å². The Bertz CT molecular complexity index is 634. The number of rotatable bonds is 38. The minimum Gasteiger partial charge on any atom is -0.0654 e. The van der Waals surface area contributed by atoms with Gasteiger partial charge in [0.15, 0.2) is 0 Å². The zero-order chi connectivity index (χ0) is 32.9. The van der Waals surface area contributed by atoms with Crippen LogP contribution in [0.2, 0.25) is 0 Å². The molecule has 0 fully saturated rings. The van der Waals surface area contributed by atoms with E-state index in [4.69, 9.17) is 0 Å². The van der Waals surface area contributed by atoms with Gasteiger partial charge in [-0.2, -0.15) is 0 Å².